The van der Waals surface area contributed by atoms with Crippen molar-refractivity contribution in [3.63, 3.8) is 0 Å². The molecule has 0 aliphatic carbocycles. The first-order valence-electron chi connectivity index (χ1n) is 4.52. The van der Waals surface area contributed by atoms with Crippen LogP contribution in [0.2, 0.25) is 5.02 Å². The van der Waals surface area contributed by atoms with Crippen molar-refractivity contribution < 1.29 is 5.11 Å². The van der Waals surface area contributed by atoms with Gasteiger partial charge in [0, 0.05) is 11.7 Å². The molecule has 14 heavy (non-hydrogen) atoms. The SMILES string of the molecule is CC.OCc1cc2cc(Cl)cn2cn1. The van der Waals surface area contributed by atoms with Crippen LogP contribution < -0.4 is 0 Å². The summed E-state index contributed by atoms with van der Waals surface area (Å²) in [6, 6.07) is 3.62. The van der Waals surface area contributed by atoms with Crippen LogP contribution >= 0.6 is 11.6 Å². The third kappa shape index (κ3) is 2.25. The van der Waals surface area contributed by atoms with Crippen LogP contribution in [-0.4, -0.2) is 14.5 Å². The third-order valence-electron chi connectivity index (χ3n) is 1.67. The van der Waals surface area contributed by atoms with Gasteiger partial charge in [-0.3, -0.25) is 0 Å². The fourth-order valence-corrected chi connectivity index (χ4v) is 1.32. The zero-order valence-electron chi connectivity index (χ0n) is 8.24. The van der Waals surface area contributed by atoms with Gasteiger partial charge in [-0.15, -0.1) is 0 Å². The van der Waals surface area contributed by atoms with Crippen molar-refractivity contribution in [2.24, 2.45) is 0 Å². The highest BCUT2D eigenvalue weighted by molar-refractivity contribution is 6.31. The van der Waals surface area contributed by atoms with Crippen LogP contribution in [0.3, 0.4) is 0 Å². The van der Waals surface area contributed by atoms with Gasteiger partial charge < -0.3 is 9.51 Å². The Bertz CT molecular complexity index is 411. The average Bonchev–Trinajstić information content (AvgIpc) is 2.59. The van der Waals surface area contributed by atoms with Gasteiger partial charge in [-0.05, 0) is 12.1 Å². The van der Waals surface area contributed by atoms with Crippen LogP contribution in [0.4, 0.5) is 0 Å². The van der Waals surface area contributed by atoms with Crippen LogP contribution in [0.15, 0.2) is 24.7 Å². The van der Waals surface area contributed by atoms with E-state index in [1.165, 1.54) is 0 Å². The van der Waals surface area contributed by atoms with E-state index in [0.717, 1.165) is 5.52 Å². The van der Waals surface area contributed by atoms with Gasteiger partial charge in [-0.1, -0.05) is 25.4 Å². The molecule has 0 radical (unpaired) electrons. The van der Waals surface area contributed by atoms with E-state index in [9.17, 15) is 0 Å². The summed E-state index contributed by atoms with van der Waals surface area (Å²) in [5.74, 6) is 0. The zero-order valence-corrected chi connectivity index (χ0v) is 8.99. The summed E-state index contributed by atoms with van der Waals surface area (Å²) in [6.07, 6.45) is 3.40. The van der Waals surface area contributed by atoms with Gasteiger partial charge in [0.1, 0.15) is 0 Å². The highest BCUT2D eigenvalue weighted by atomic mass is 35.5. The molecule has 0 bridgehead atoms. The molecule has 1 N–H and O–H groups in total. The number of aromatic nitrogens is 2. The molecule has 2 aromatic heterocycles. The van der Waals surface area contributed by atoms with Gasteiger partial charge in [-0.2, -0.15) is 0 Å². The van der Waals surface area contributed by atoms with Crippen molar-refractivity contribution in [2.45, 2.75) is 20.5 Å². The van der Waals surface area contributed by atoms with Crippen LogP contribution in [0.5, 0.6) is 0 Å². The van der Waals surface area contributed by atoms with Gasteiger partial charge in [0.2, 0.25) is 0 Å². The Balaban J connectivity index is 0.000000461. The van der Waals surface area contributed by atoms with E-state index in [1.807, 2.05) is 24.3 Å². The smallest absolute Gasteiger partial charge is 0.0995 e. The van der Waals surface area contributed by atoms with E-state index in [2.05, 4.69) is 4.98 Å². The Morgan fingerprint density at radius 3 is 2.79 bits per heavy atom. The standard InChI is InChI=1S/C8H7ClN2O.C2H6/c9-6-1-8-2-7(4-12)10-5-11(8)3-6;1-2/h1-3,5,12H,4H2;1-2H3. The predicted octanol–water partition coefficient (Wildman–Crippen LogP) is 2.51. The second-order valence-corrected chi connectivity index (χ2v) is 2.97. The van der Waals surface area contributed by atoms with Crippen molar-refractivity contribution in [3.8, 4) is 0 Å². The summed E-state index contributed by atoms with van der Waals surface area (Å²) in [6.45, 7) is 3.96. The second-order valence-electron chi connectivity index (χ2n) is 2.53. The van der Waals surface area contributed by atoms with Crippen LogP contribution in [-0.2, 0) is 6.61 Å². The number of aliphatic hydroxyl groups is 1. The predicted molar refractivity (Wildman–Crippen MR) is 57.5 cm³/mol. The number of halogens is 1. The Morgan fingerprint density at radius 2 is 2.14 bits per heavy atom. The topological polar surface area (TPSA) is 37.5 Å². The van der Waals surface area contributed by atoms with E-state index in [4.69, 9.17) is 16.7 Å². The van der Waals surface area contributed by atoms with E-state index < -0.39 is 0 Å². The molecule has 0 saturated carbocycles. The van der Waals surface area contributed by atoms with Crippen molar-refractivity contribution in [1.82, 2.24) is 9.38 Å². The number of rotatable bonds is 1. The molecule has 3 nitrogen and oxygen atoms in total. The van der Waals surface area contributed by atoms with Crippen LogP contribution in [0.25, 0.3) is 5.52 Å². The second kappa shape index (κ2) is 4.98. The molecule has 2 rings (SSSR count). The minimum atomic E-state index is -0.0424. The molecule has 0 aromatic carbocycles. The normalized spacial score (nSPS) is 9.71. The van der Waals surface area contributed by atoms with E-state index in [-0.39, 0.29) is 6.61 Å². The molecule has 76 valence electrons. The minimum absolute atomic E-state index is 0.0424. The zero-order chi connectivity index (χ0) is 10.6. The van der Waals surface area contributed by atoms with Crippen molar-refractivity contribution in [3.05, 3.63) is 35.4 Å². The molecular formula is C10H13ClN2O. The lowest BCUT2D eigenvalue weighted by Gasteiger charge is -1.95. The third-order valence-corrected chi connectivity index (χ3v) is 1.88. The number of hydrogen-bond acceptors (Lipinski definition) is 2. The molecule has 4 heteroatoms. The number of hydrogen-bond donors (Lipinski definition) is 1. The monoisotopic (exact) mass is 212 g/mol. The molecule has 0 aliphatic rings. The molecule has 0 aliphatic heterocycles. The summed E-state index contributed by atoms with van der Waals surface area (Å²) in [5, 5.41) is 9.47. The molecule has 0 atom stereocenters. The number of fused-ring (bicyclic) bond motifs is 1. The van der Waals surface area contributed by atoms with Crippen molar-refractivity contribution in [1.29, 1.82) is 0 Å². The lowest BCUT2D eigenvalue weighted by atomic mass is 10.4. The molecule has 0 unspecified atom stereocenters. The number of aliphatic hydroxyl groups excluding tert-OH is 1. The lowest BCUT2D eigenvalue weighted by Crippen LogP contribution is -1.91. The lowest BCUT2D eigenvalue weighted by molar-refractivity contribution is 0.276. The Kier molecular flexibility index (Phi) is 3.92. The highest BCUT2D eigenvalue weighted by Gasteiger charge is 1.98. The first kappa shape index (κ1) is 11.0. The fourth-order valence-electron chi connectivity index (χ4n) is 1.11. The van der Waals surface area contributed by atoms with E-state index in [0.29, 0.717) is 10.7 Å². The average molecular weight is 213 g/mol. The highest BCUT2D eigenvalue weighted by Crippen LogP contribution is 2.14. The maximum atomic E-state index is 8.80. The Morgan fingerprint density at radius 1 is 1.43 bits per heavy atom. The summed E-state index contributed by atoms with van der Waals surface area (Å²) in [7, 11) is 0. The molecule has 0 saturated heterocycles. The molecule has 0 amide bonds. The van der Waals surface area contributed by atoms with Gasteiger partial charge in [-0.25, -0.2) is 4.98 Å². The van der Waals surface area contributed by atoms with E-state index >= 15 is 0 Å². The van der Waals surface area contributed by atoms with Crippen molar-refractivity contribution >= 4 is 17.1 Å². The molecular weight excluding hydrogens is 200 g/mol. The quantitative estimate of drug-likeness (QED) is 0.789. The van der Waals surface area contributed by atoms with Crippen LogP contribution in [0, 0.1) is 0 Å². The summed E-state index contributed by atoms with van der Waals surface area (Å²) in [4.78, 5) is 3.99. The van der Waals surface area contributed by atoms with Gasteiger partial charge >= 0.3 is 0 Å². The molecule has 0 fully saturated rings. The fraction of sp³-hybridized carbons (Fsp3) is 0.300. The Labute approximate surface area is 88.0 Å². The van der Waals surface area contributed by atoms with Gasteiger partial charge in [0.05, 0.1) is 23.7 Å². The largest absolute Gasteiger partial charge is 0.390 e. The first-order chi connectivity index (χ1) is 6.79. The van der Waals surface area contributed by atoms with E-state index in [1.54, 1.807) is 18.6 Å². The number of nitrogens with zero attached hydrogens (tertiary/aromatic N) is 2. The summed E-state index contributed by atoms with van der Waals surface area (Å²) in [5.41, 5.74) is 1.59. The maximum Gasteiger partial charge on any atom is 0.0995 e. The van der Waals surface area contributed by atoms with Crippen molar-refractivity contribution in [2.75, 3.05) is 0 Å². The minimum Gasteiger partial charge on any atom is -0.390 e. The van der Waals surface area contributed by atoms with Gasteiger partial charge in [0.15, 0.2) is 0 Å². The maximum absolute atomic E-state index is 8.80. The summed E-state index contributed by atoms with van der Waals surface area (Å²) < 4.78 is 1.81. The molecule has 2 aromatic rings. The van der Waals surface area contributed by atoms with Gasteiger partial charge in [0.25, 0.3) is 0 Å². The first-order valence-corrected chi connectivity index (χ1v) is 4.90. The summed E-state index contributed by atoms with van der Waals surface area (Å²) >= 11 is 5.77. The molecule has 2 heterocycles. The Hall–Kier alpha value is -1.06. The molecule has 0 spiro atoms. The van der Waals surface area contributed by atoms with Crippen LogP contribution in [0.1, 0.15) is 19.5 Å².